The third-order valence-corrected chi connectivity index (χ3v) is 2.72. The predicted molar refractivity (Wildman–Crippen MR) is 74.8 cm³/mol. The van der Waals surface area contributed by atoms with Crippen LogP contribution in [0.3, 0.4) is 0 Å². The van der Waals surface area contributed by atoms with Crippen molar-refractivity contribution in [2.75, 3.05) is 0 Å². The Balaban J connectivity index is 2.14. The van der Waals surface area contributed by atoms with Crippen LogP contribution in [0.4, 0.5) is 8.78 Å². The topological polar surface area (TPSA) is 78.8 Å². The van der Waals surface area contributed by atoms with E-state index in [2.05, 4.69) is 10.5 Å². The zero-order chi connectivity index (χ0) is 16.1. The molecule has 0 atom stereocenters. The number of carbonyl (C=O) groups excluding carboxylic acids is 1. The molecule has 2 aromatic rings. The van der Waals surface area contributed by atoms with Gasteiger partial charge in [-0.05, 0) is 24.3 Å². The summed E-state index contributed by atoms with van der Waals surface area (Å²) < 4.78 is 27.2. The second-order valence-electron chi connectivity index (χ2n) is 4.22. The molecule has 5 nitrogen and oxygen atoms in total. The molecule has 2 aromatic carbocycles. The number of carbonyl (C=O) groups is 2. The molecule has 0 fully saturated rings. The normalized spacial score (nSPS) is 10.6. The van der Waals surface area contributed by atoms with Crippen LogP contribution >= 0.6 is 0 Å². The quantitative estimate of drug-likeness (QED) is 0.672. The Morgan fingerprint density at radius 2 is 1.64 bits per heavy atom. The summed E-state index contributed by atoms with van der Waals surface area (Å²) in [6.45, 7) is 0. The number of carboxylic acids is 1. The van der Waals surface area contributed by atoms with Crippen molar-refractivity contribution in [2.45, 2.75) is 0 Å². The van der Waals surface area contributed by atoms with Gasteiger partial charge in [0.1, 0.15) is 11.6 Å². The molecule has 2 N–H and O–H groups in total. The number of amides is 1. The van der Waals surface area contributed by atoms with E-state index < -0.39 is 34.6 Å². The van der Waals surface area contributed by atoms with Crippen LogP contribution in [0.5, 0.6) is 0 Å². The van der Waals surface area contributed by atoms with E-state index in [4.69, 9.17) is 5.11 Å². The highest BCUT2D eigenvalue weighted by Crippen LogP contribution is 2.13. The lowest BCUT2D eigenvalue weighted by Crippen LogP contribution is -2.17. The van der Waals surface area contributed by atoms with Gasteiger partial charge in [0.25, 0.3) is 5.91 Å². The number of hydrogen-bond acceptors (Lipinski definition) is 3. The molecule has 0 unspecified atom stereocenters. The molecule has 0 spiro atoms. The van der Waals surface area contributed by atoms with E-state index in [-0.39, 0.29) is 0 Å². The summed E-state index contributed by atoms with van der Waals surface area (Å²) in [5.41, 5.74) is 1.40. The lowest BCUT2D eigenvalue weighted by molar-refractivity contribution is 0.0695. The first-order valence-corrected chi connectivity index (χ1v) is 6.10. The van der Waals surface area contributed by atoms with Crippen LogP contribution in [-0.2, 0) is 0 Å². The maximum Gasteiger partial charge on any atom is 0.335 e. The van der Waals surface area contributed by atoms with Crippen molar-refractivity contribution in [1.29, 1.82) is 0 Å². The fourth-order valence-corrected chi connectivity index (χ4v) is 1.64. The van der Waals surface area contributed by atoms with Crippen LogP contribution in [0.25, 0.3) is 0 Å². The van der Waals surface area contributed by atoms with E-state index in [0.29, 0.717) is 17.7 Å². The average Bonchev–Trinajstić information content (AvgIpc) is 2.50. The van der Waals surface area contributed by atoms with Crippen LogP contribution in [-0.4, -0.2) is 23.2 Å². The summed E-state index contributed by atoms with van der Waals surface area (Å²) in [7, 11) is 0. The van der Waals surface area contributed by atoms with Crippen LogP contribution in [0.1, 0.15) is 26.3 Å². The van der Waals surface area contributed by atoms with Crippen molar-refractivity contribution in [3.63, 3.8) is 0 Å². The summed E-state index contributed by atoms with van der Waals surface area (Å²) in [4.78, 5) is 22.3. The molecule has 2 rings (SSSR count). The average molecular weight is 304 g/mol. The summed E-state index contributed by atoms with van der Waals surface area (Å²) in [5.74, 6) is -4.16. The highest BCUT2D eigenvalue weighted by atomic mass is 19.1. The van der Waals surface area contributed by atoms with Crippen LogP contribution in [0, 0.1) is 11.6 Å². The highest BCUT2D eigenvalue weighted by molar-refractivity contribution is 5.95. The molecule has 0 saturated carbocycles. The molecule has 22 heavy (non-hydrogen) atoms. The smallest absolute Gasteiger partial charge is 0.335 e. The number of hydrogen-bond donors (Lipinski definition) is 2. The molecule has 0 aliphatic heterocycles. The number of carboxylic acid groups (broad SMARTS) is 1. The van der Waals surface area contributed by atoms with E-state index in [0.717, 1.165) is 6.21 Å². The second kappa shape index (κ2) is 6.57. The van der Waals surface area contributed by atoms with Crippen molar-refractivity contribution in [3.8, 4) is 0 Å². The van der Waals surface area contributed by atoms with Crippen LogP contribution in [0.15, 0.2) is 47.6 Å². The number of halogens is 2. The predicted octanol–water partition coefficient (Wildman–Crippen LogP) is 2.43. The van der Waals surface area contributed by atoms with E-state index in [1.807, 2.05) is 0 Å². The molecule has 0 bridgehead atoms. The van der Waals surface area contributed by atoms with Crippen molar-refractivity contribution in [2.24, 2.45) is 5.10 Å². The number of benzene rings is 2. The van der Waals surface area contributed by atoms with Crippen molar-refractivity contribution < 1.29 is 23.5 Å². The monoisotopic (exact) mass is 304 g/mol. The second-order valence-corrected chi connectivity index (χ2v) is 4.22. The molecular weight excluding hydrogens is 294 g/mol. The third kappa shape index (κ3) is 3.51. The molecule has 0 aliphatic carbocycles. The molecular formula is C15H10F2N2O3. The first-order chi connectivity index (χ1) is 10.5. The Labute approximate surface area is 123 Å². The van der Waals surface area contributed by atoms with Crippen LogP contribution in [0.2, 0.25) is 0 Å². The largest absolute Gasteiger partial charge is 0.478 e. The van der Waals surface area contributed by atoms with Crippen LogP contribution < -0.4 is 5.43 Å². The van der Waals surface area contributed by atoms with Gasteiger partial charge in [-0.1, -0.05) is 18.2 Å². The summed E-state index contributed by atoms with van der Waals surface area (Å²) in [6.07, 6.45) is 0.775. The zero-order valence-corrected chi connectivity index (χ0v) is 11.1. The SMILES string of the molecule is O=C(O)c1cc(F)c(C=NNC(=O)c2ccccc2)c(F)c1. The molecule has 0 aromatic heterocycles. The van der Waals surface area contributed by atoms with Gasteiger partial charge in [0, 0.05) is 5.56 Å². The molecule has 112 valence electrons. The number of nitrogens with one attached hydrogen (secondary N) is 1. The van der Waals surface area contributed by atoms with Crippen molar-refractivity contribution in [1.82, 2.24) is 5.43 Å². The molecule has 0 saturated heterocycles. The maximum absolute atomic E-state index is 13.6. The van der Waals surface area contributed by atoms with Gasteiger partial charge in [0.05, 0.1) is 17.3 Å². The molecule has 0 aliphatic rings. The number of aromatic carboxylic acids is 1. The Morgan fingerprint density at radius 3 is 2.18 bits per heavy atom. The van der Waals surface area contributed by atoms with E-state index in [1.54, 1.807) is 30.3 Å². The Hall–Kier alpha value is -3.09. The van der Waals surface area contributed by atoms with Gasteiger partial charge < -0.3 is 5.11 Å². The molecule has 0 radical (unpaired) electrons. The number of rotatable bonds is 4. The lowest BCUT2D eigenvalue weighted by atomic mass is 10.1. The number of hydrazone groups is 1. The van der Waals surface area contributed by atoms with Gasteiger partial charge in [-0.3, -0.25) is 4.79 Å². The fraction of sp³-hybridized carbons (Fsp3) is 0. The summed E-state index contributed by atoms with van der Waals surface area (Å²) in [6, 6.07) is 9.49. The Bertz CT molecular complexity index is 723. The minimum absolute atomic E-state index is 0.335. The Kier molecular flexibility index (Phi) is 4.57. The number of nitrogens with zero attached hydrogens (tertiary/aromatic N) is 1. The van der Waals surface area contributed by atoms with Gasteiger partial charge >= 0.3 is 5.97 Å². The van der Waals surface area contributed by atoms with E-state index >= 15 is 0 Å². The third-order valence-electron chi connectivity index (χ3n) is 2.72. The standard InChI is InChI=1S/C15H10F2N2O3/c16-12-6-10(15(21)22)7-13(17)11(12)8-18-19-14(20)9-4-2-1-3-5-9/h1-8H,(H,19,20)(H,21,22). The van der Waals surface area contributed by atoms with E-state index in [1.165, 1.54) is 0 Å². The zero-order valence-electron chi connectivity index (χ0n) is 11.1. The molecule has 0 heterocycles. The first-order valence-electron chi connectivity index (χ1n) is 6.10. The summed E-state index contributed by atoms with van der Waals surface area (Å²) in [5, 5.41) is 12.1. The minimum Gasteiger partial charge on any atom is -0.478 e. The minimum atomic E-state index is -1.45. The molecule has 1 amide bonds. The van der Waals surface area contributed by atoms with Gasteiger partial charge in [-0.2, -0.15) is 5.10 Å². The van der Waals surface area contributed by atoms with Gasteiger partial charge in [0.2, 0.25) is 0 Å². The van der Waals surface area contributed by atoms with Gasteiger partial charge in [0.15, 0.2) is 0 Å². The van der Waals surface area contributed by atoms with Gasteiger partial charge in [-0.15, -0.1) is 0 Å². The van der Waals surface area contributed by atoms with Crippen molar-refractivity contribution in [3.05, 3.63) is 70.8 Å². The van der Waals surface area contributed by atoms with E-state index in [9.17, 15) is 18.4 Å². The first kappa shape index (κ1) is 15.3. The molecule has 7 heteroatoms. The van der Waals surface area contributed by atoms with Gasteiger partial charge in [-0.25, -0.2) is 19.0 Å². The van der Waals surface area contributed by atoms with Crippen molar-refractivity contribution >= 4 is 18.1 Å². The maximum atomic E-state index is 13.6. The summed E-state index contributed by atoms with van der Waals surface area (Å²) >= 11 is 0. The highest BCUT2D eigenvalue weighted by Gasteiger charge is 2.13. The Morgan fingerprint density at radius 1 is 1.05 bits per heavy atom. The fourth-order valence-electron chi connectivity index (χ4n) is 1.64. The lowest BCUT2D eigenvalue weighted by Gasteiger charge is -2.02.